The van der Waals surface area contributed by atoms with Gasteiger partial charge in [0.15, 0.2) is 17.5 Å². The van der Waals surface area contributed by atoms with Gasteiger partial charge in [-0.1, -0.05) is 6.07 Å². The van der Waals surface area contributed by atoms with Crippen molar-refractivity contribution in [2.45, 2.75) is 11.8 Å². The third-order valence-electron chi connectivity index (χ3n) is 3.50. The van der Waals surface area contributed by atoms with E-state index in [1.165, 1.54) is 12.1 Å². The van der Waals surface area contributed by atoms with E-state index in [4.69, 9.17) is 5.14 Å². The number of rotatable bonds is 5. The lowest BCUT2D eigenvalue weighted by atomic mass is 10.1. The number of aryl methyl sites for hydroxylation is 1. The minimum Gasteiger partial charge on any atom is -0.343 e. The molecule has 2 amide bonds. The Hall–Kier alpha value is -2.92. The molecule has 11 heteroatoms. The molecule has 0 aliphatic heterocycles. The van der Waals surface area contributed by atoms with Crippen molar-refractivity contribution >= 4 is 27.5 Å². The predicted molar refractivity (Wildman–Crippen MR) is 89.8 cm³/mol. The van der Waals surface area contributed by atoms with Crippen LogP contribution < -0.4 is 15.8 Å². The second kappa shape index (κ2) is 7.76. The molecule has 27 heavy (non-hydrogen) atoms. The Labute approximate surface area is 152 Å². The van der Waals surface area contributed by atoms with Gasteiger partial charge in [-0.2, -0.15) is 0 Å². The molecule has 0 atom stereocenters. The number of carbonyl (C=O) groups is 2. The number of nitrogens with one attached hydrogen (secondary N) is 2. The fourth-order valence-electron chi connectivity index (χ4n) is 2.10. The Morgan fingerprint density at radius 3 is 2.37 bits per heavy atom. The van der Waals surface area contributed by atoms with Crippen LogP contribution in [-0.4, -0.2) is 26.8 Å². The van der Waals surface area contributed by atoms with Crippen LogP contribution in [0.15, 0.2) is 35.2 Å². The molecule has 2 aromatic carbocycles. The van der Waals surface area contributed by atoms with Gasteiger partial charge in [0.05, 0.1) is 17.1 Å². The van der Waals surface area contributed by atoms with Gasteiger partial charge < -0.3 is 10.6 Å². The number of sulfonamides is 1. The molecule has 0 heterocycles. The third-order valence-corrected chi connectivity index (χ3v) is 4.41. The second-order valence-electron chi connectivity index (χ2n) is 5.48. The summed E-state index contributed by atoms with van der Waals surface area (Å²) in [4.78, 5) is 23.7. The van der Waals surface area contributed by atoms with Gasteiger partial charge in [-0.05, 0) is 36.8 Å². The number of benzene rings is 2. The molecule has 0 aliphatic carbocycles. The smallest absolute Gasteiger partial charge is 0.252 e. The number of hydrogen-bond acceptors (Lipinski definition) is 4. The van der Waals surface area contributed by atoms with Crippen LogP contribution in [0.25, 0.3) is 0 Å². The molecule has 0 fully saturated rings. The van der Waals surface area contributed by atoms with Crippen LogP contribution in [0.1, 0.15) is 15.9 Å². The van der Waals surface area contributed by atoms with Crippen LogP contribution in [0, 0.1) is 24.4 Å². The van der Waals surface area contributed by atoms with Gasteiger partial charge >= 0.3 is 0 Å². The van der Waals surface area contributed by atoms with Crippen molar-refractivity contribution in [1.82, 2.24) is 5.32 Å². The summed E-state index contributed by atoms with van der Waals surface area (Å²) in [5.41, 5.74) is -0.208. The van der Waals surface area contributed by atoms with Crippen molar-refractivity contribution < 1.29 is 31.2 Å². The molecule has 0 saturated heterocycles. The molecule has 7 nitrogen and oxygen atoms in total. The monoisotopic (exact) mass is 401 g/mol. The summed E-state index contributed by atoms with van der Waals surface area (Å²) >= 11 is 0. The van der Waals surface area contributed by atoms with E-state index in [1.54, 1.807) is 6.92 Å². The van der Waals surface area contributed by atoms with Gasteiger partial charge in [0.1, 0.15) is 0 Å². The van der Waals surface area contributed by atoms with Gasteiger partial charge in [-0.15, -0.1) is 0 Å². The molecule has 4 N–H and O–H groups in total. The number of carbonyl (C=O) groups excluding carboxylic acids is 2. The van der Waals surface area contributed by atoms with Gasteiger partial charge in [-0.3, -0.25) is 9.59 Å². The zero-order valence-electron chi connectivity index (χ0n) is 13.8. The SMILES string of the molecule is Cc1ccc(S(N)(=O)=O)cc1C(=O)NCC(=O)Nc1ccc(F)c(F)c1F. The quantitative estimate of drug-likeness (QED) is 0.657. The molecule has 0 radical (unpaired) electrons. The number of halogens is 3. The maximum absolute atomic E-state index is 13.5. The number of amides is 2. The highest BCUT2D eigenvalue weighted by Crippen LogP contribution is 2.19. The molecular formula is C16H14F3N3O4S. The summed E-state index contributed by atoms with van der Waals surface area (Å²) < 4.78 is 62.2. The Kier molecular flexibility index (Phi) is 5.86. The van der Waals surface area contributed by atoms with E-state index in [0.717, 1.165) is 12.1 Å². The zero-order chi connectivity index (χ0) is 20.4. The molecule has 0 saturated carbocycles. The van der Waals surface area contributed by atoms with Crippen LogP contribution in [0.5, 0.6) is 0 Å². The highest BCUT2D eigenvalue weighted by Gasteiger charge is 2.17. The van der Waals surface area contributed by atoms with E-state index in [2.05, 4.69) is 5.32 Å². The van der Waals surface area contributed by atoms with Crippen molar-refractivity contribution in [1.29, 1.82) is 0 Å². The Balaban J connectivity index is 2.08. The lowest BCUT2D eigenvalue weighted by molar-refractivity contribution is -0.115. The highest BCUT2D eigenvalue weighted by atomic mass is 32.2. The van der Waals surface area contributed by atoms with Crippen LogP contribution in [0.4, 0.5) is 18.9 Å². The Morgan fingerprint density at radius 1 is 1.07 bits per heavy atom. The van der Waals surface area contributed by atoms with Crippen LogP contribution >= 0.6 is 0 Å². The number of hydrogen-bond donors (Lipinski definition) is 3. The molecule has 0 unspecified atom stereocenters. The fourth-order valence-corrected chi connectivity index (χ4v) is 2.64. The molecule has 0 aliphatic rings. The first-order valence-corrected chi connectivity index (χ1v) is 8.90. The maximum Gasteiger partial charge on any atom is 0.252 e. The van der Waals surface area contributed by atoms with E-state index in [9.17, 15) is 31.2 Å². The maximum atomic E-state index is 13.5. The van der Waals surface area contributed by atoms with Crippen molar-refractivity contribution in [3.8, 4) is 0 Å². The molecule has 2 rings (SSSR count). The topological polar surface area (TPSA) is 118 Å². The third kappa shape index (κ3) is 4.83. The van der Waals surface area contributed by atoms with E-state index in [0.29, 0.717) is 11.6 Å². The van der Waals surface area contributed by atoms with Crippen molar-refractivity contribution in [2.75, 3.05) is 11.9 Å². The lowest BCUT2D eigenvalue weighted by Crippen LogP contribution is -2.33. The fraction of sp³-hybridized carbons (Fsp3) is 0.125. The van der Waals surface area contributed by atoms with E-state index in [-0.39, 0.29) is 10.5 Å². The Bertz CT molecular complexity index is 1030. The summed E-state index contributed by atoms with van der Waals surface area (Å²) in [7, 11) is -4.03. The second-order valence-corrected chi connectivity index (χ2v) is 7.04. The van der Waals surface area contributed by atoms with E-state index >= 15 is 0 Å². The first kappa shape index (κ1) is 20.4. The van der Waals surface area contributed by atoms with Gasteiger partial charge in [0.2, 0.25) is 15.9 Å². The normalized spacial score (nSPS) is 11.1. The molecular weight excluding hydrogens is 387 g/mol. The Morgan fingerprint density at radius 2 is 1.74 bits per heavy atom. The molecule has 0 aromatic heterocycles. The molecule has 0 spiro atoms. The molecule has 2 aromatic rings. The predicted octanol–water partition coefficient (Wildman–Crippen LogP) is 1.43. The van der Waals surface area contributed by atoms with Crippen molar-refractivity contribution in [2.24, 2.45) is 5.14 Å². The first-order valence-electron chi connectivity index (χ1n) is 7.35. The largest absolute Gasteiger partial charge is 0.343 e. The summed E-state index contributed by atoms with van der Waals surface area (Å²) in [6, 6.07) is 5.10. The standard InChI is InChI=1S/C16H14F3N3O4S/c1-8-2-3-9(27(20,25)26)6-10(8)16(24)21-7-13(23)22-12-5-4-11(17)14(18)15(12)19/h2-6H,7H2,1H3,(H,21,24)(H,22,23)(H2,20,25,26). The first-order chi connectivity index (χ1) is 12.5. The van der Waals surface area contributed by atoms with Crippen molar-refractivity contribution in [3.05, 3.63) is 58.9 Å². The minimum absolute atomic E-state index is 0.0340. The lowest BCUT2D eigenvalue weighted by Gasteiger charge is -2.10. The number of anilines is 1. The van der Waals surface area contributed by atoms with Crippen LogP contribution in [-0.2, 0) is 14.8 Å². The number of nitrogens with two attached hydrogens (primary N) is 1. The van der Waals surface area contributed by atoms with Gasteiger partial charge in [-0.25, -0.2) is 26.7 Å². The summed E-state index contributed by atoms with van der Waals surface area (Å²) in [5.74, 6) is -6.42. The summed E-state index contributed by atoms with van der Waals surface area (Å²) in [5, 5.41) is 9.20. The van der Waals surface area contributed by atoms with Gasteiger partial charge in [0.25, 0.3) is 5.91 Å². The summed E-state index contributed by atoms with van der Waals surface area (Å²) in [6.07, 6.45) is 0. The van der Waals surface area contributed by atoms with E-state index in [1.807, 2.05) is 5.32 Å². The van der Waals surface area contributed by atoms with E-state index < -0.39 is 51.5 Å². The number of primary sulfonamides is 1. The summed E-state index contributed by atoms with van der Waals surface area (Å²) in [6.45, 7) is 0.912. The minimum atomic E-state index is -4.03. The van der Waals surface area contributed by atoms with Crippen molar-refractivity contribution in [3.63, 3.8) is 0 Å². The molecule has 0 bridgehead atoms. The average molecular weight is 401 g/mol. The average Bonchev–Trinajstić information content (AvgIpc) is 2.59. The molecule has 144 valence electrons. The van der Waals surface area contributed by atoms with Crippen LogP contribution in [0.3, 0.4) is 0 Å². The highest BCUT2D eigenvalue weighted by molar-refractivity contribution is 7.89. The zero-order valence-corrected chi connectivity index (χ0v) is 14.7. The van der Waals surface area contributed by atoms with Crippen LogP contribution in [0.2, 0.25) is 0 Å². The van der Waals surface area contributed by atoms with Gasteiger partial charge in [0, 0.05) is 5.56 Å².